The molecule has 1 saturated heterocycles. The van der Waals surface area contributed by atoms with E-state index in [-0.39, 0.29) is 18.1 Å². The van der Waals surface area contributed by atoms with Gasteiger partial charge in [0.1, 0.15) is 18.2 Å². The molecular weight excluding hydrogens is 390 g/mol. The van der Waals surface area contributed by atoms with Gasteiger partial charge < -0.3 is 25.6 Å². The van der Waals surface area contributed by atoms with Crippen molar-refractivity contribution in [2.45, 2.75) is 24.9 Å². The molecule has 3 aromatic rings. The van der Waals surface area contributed by atoms with Crippen LogP contribution in [0.15, 0.2) is 54.6 Å². The molecule has 0 aliphatic carbocycles. The first-order chi connectivity index (χ1) is 15.1. The first kappa shape index (κ1) is 19.6. The van der Waals surface area contributed by atoms with Crippen molar-refractivity contribution in [3.8, 4) is 5.75 Å². The first-order valence-corrected chi connectivity index (χ1v) is 10.8. The van der Waals surface area contributed by atoms with E-state index in [1.54, 1.807) is 0 Å². The maximum atomic E-state index is 12.4. The Hall–Kier alpha value is -3.32. The van der Waals surface area contributed by atoms with Gasteiger partial charge in [-0.2, -0.15) is 0 Å². The molecule has 1 fully saturated rings. The summed E-state index contributed by atoms with van der Waals surface area (Å²) in [5.41, 5.74) is 2.79. The number of rotatable bonds is 4. The number of hydrogen-bond donors (Lipinski definition) is 3. The highest BCUT2D eigenvalue weighted by atomic mass is 16.5. The van der Waals surface area contributed by atoms with Crippen molar-refractivity contribution >= 4 is 28.4 Å². The van der Waals surface area contributed by atoms with E-state index in [1.165, 1.54) is 0 Å². The zero-order chi connectivity index (χ0) is 21.2. The molecule has 2 aliphatic rings. The molecule has 0 radical (unpaired) electrons. The van der Waals surface area contributed by atoms with Crippen LogP contribution >= 0.6 is 0 Å². The second kappa shape index (κ2) is 8.43. The predicted molar refractivity (Wildman–Crippen MR) is 123 cm³/mol. The number of fused-ring (bicyclic) bond motifs is 2. The van der Waals surface area contributed by atoms with Crippen LogP contribution in [0.1, 0.15) is 24.4 Å². The Bertz CT molecular complexity index is 1090. The van der Waals surface area contributed by atoms with Gasteiger partial charge in [-0.1, -0.05) is 18.2 Å². The van der Waals surface area contributed by atoms with E-state index in [4.69, 9.17) is 9.72 Å². The SMILES string of the molecule is CN1CCC(NC(=O)Nc2ccc3nc(NC4COc5ccccc54)ccc3c2)CC1. The molecule has 0 bridgehead atoms. The number of benzene rings is 2. The molecule has 2 amide bonds. The third-order valence-corrected chi connectivity index (χ3v) is 6.02. The number of anilines is 2. The fourth-order valence-corrected chi connectivity index (χ4v) is 4.25. The van der Waals surface area contributed by atoms with E-state index < -0.39 is 0 Å². The lowest BCUT2D eigenvalue weighted by Crippen LogP contribution is -2.44. The van der Waals surface area contributed by atoms with Crippen LogP contribution in [-0.2, 0) is 0 Å². The number of nitrogens with zero attached hydrogens (tertiary/aromatic N) is 2. The number of likely N-dealkylation sites (tertiary alicyclic amines) is 1. The molecule has 2 aliphatic heterocycles. The highest BCUT2D eigenvalue weighted by Crippen LogP contribution is 2.34. The van der Waals surface area contributed by atoms with Crippen molar-refractivity contribution in [2.24, 2.45) is 0 Å². The van der Waals surface area contributed by atoms with E-state index >= 15 is 0 Å². The second-order valence-electron chi connectivity index (χ2n) is 8.33. The fraction of sp³-hybridized carbons (Fsp3) is 0.333. The summed E-state index contributed by atoms with van der Waals surface area (Å²) >= 11 is 0. The summed E-state index contributed by atoms with van der Waals surface area (Å²) in [4.78, 5) is 19.4. The van der Waals surface area contributed by atoms with Gasteiger partial charge in [0.25, 0.3) is 0 Å². The monoisotopic (exact) mass is 417 g/mol. The van der Waals surface area contributed by atoms with E-state index in [2.05, 4.69) is 34.0 Å². The first-order valence-electron chi connectivity index (χ1n) is 10.8. The average Bonchev–Trinajstić information content (AvgIpc) is 3.18. The van der Waals surface area contributed by atoms with Crippen molar-refractivity contribution in [3.05, 3.63) is 60.2 Å². The normalized spacial score (nSPS) is 18.9. The largest absolute Gasteiger partial charge is 0.491 e. The molecule has 7 nitrogen and oxygen atoms in total. The van der Waals surface area contributed by atoms with Crippen molar-refractivity contribution in [1.82, 2.24) is 15.2 Å². The van der Waals surface area contributed by atoms with Crippen LogP contribution in [0.2, 0.25) is 0 Å². The third-order valence-electron chi connectivity index (χ3n) is 6.02. The summed E-state index contributed by atoms with van der Waals surface area (Å²) in [5.74, 6) is 1.73. The minimum atomic E-state index is -0.153. The number of ether oxygens (including phenoxy) is 1. The van der Waals surface area contributed by atoms with E-state index in [1.807, 2.05) is 48.5 Å². The lowest BCUT2D eigenvalue weighted by atomic mass is 10.1. The molecule has 2 aromatic carbocycles. The summed E-state index contributed by atoms with van der Waals surface area (Å²) in [6, 6.07) is 18.0. The van der Waals surface area contributed by atoms with Gasteiger partial charge in [-0.3, -0.25) is 0 Å². The molecule has 1 aromatic heterocycles. The van der Waals surface area contributed by atoms with Gasteiger partial charge in [0.15, 0.2) is 0 Å². The lowest BCUT2D eigenvalue weighted by Gasteiger charge is -2.29. The standard InChI is InChI=1S/C24H27N5O2/c1-29-12-10-17(11-13-29)25-24(30)26-18-7-8-20-16(14-18)6-9-23(27-20)28-21-15-31-22-5-3-2-4-19(21)22/h2-9,14,17,21H,10-13,15H2,1H3,(H,27,28)(H2,25,26,30). The lowest BCUT2D eigenvalue weighted by molar-refractivity contribution is 0.221. The Morgan fingerprint density at radius 1 is 1.10 bits per heavy atom. The van der Waals surface area contributed by atoms with Crippen LogP contribution in [0.3, 0.4) is 0 Å². The fourth-order valence-electron chi connectivity index (χ4n) is 4.25. The maximum Gasteiger partial charge on any atom is 0.319 e. The summed E-state index contributed by atoms with van der Waals surface area (Å²) in [7, 11) is 2.11. The van der Waals surface area contributed by atoms with Gasteiger partial charge in [-0.15, -0.1) is 0 Å². The maximum absolute atomic E-state index is 12.4. The summed E-state index contributed by atoms with van der Waals surface area (Å²) in [5, 5.41) is 10.5. The van der Waals surface area contributed by atoms with Gasteiger partial charge in [0.2, 0.25) is 0 Å². The van der Waals surface area contributed by atoms with Crippen molar-refractivity contribution < 1.29 is 9.53 Å². The van der Waals surface area contributed by atoms with Crippen LogP contribution in [-0.4, -0.2) is 48.7 Å². The molecule has 160 valence electrons. The number of para-hydroxylation sites is 1. The van der Waals surface area contributed by atoms with Crippen LogP contribution in [0.5, 0.6) is 5.75 Å². The Kier molecular flexibility index (Phi) is 5.34. The molecule has 5 rings (SSSR count). The number of aromatic nitrogens is 1. The minimum absolute atomic E-state index is 0.0883. The number of nitrogens with one attached hydrogen (secondary N) is 3. The number of hydrogen-bond acceptors (Lipinski definition) is 5. The molecule has 1 unspecified atom stereocenters. The van der Waals surface area contributed by atoms with Gasteiger partial charge >= 0.3 is 6.03 Å². The molecule has 0 saturated carbocycles. The quantitative estimate of drug-likeness (QED) is 0.598. The molecule has 1 atom stereocenters. The van der Waals surface area contributed by atoms with E-state index in [0.717, 1.165) is 59.7 Å². The molecule has 3 N–H and O–H groups in total. The van der Waals surface area contributed by atoms with Crippen molar-refractivity contribution in [1.29, 1.82) is 0 Å². The molecule has 3 heterocycles. The van der Waals surface area contributed by atoms with E-state index in [0.29, 0.717) is 6.61 Å². The number of piperidine rings is 1. The summed E-state index contributed by atoms with van der Waals surface area (Å²) in [6.45, 7) is 2.62. The number of urea groups is 1. The highest BCUT2D eigenvalue weighted by molar-refractivity contribution is 5.93. The van der Waals surface area contributed by atoms with Crippen LogP contribution in [0.25, 0.3) is 10.9 Å². The van der Waals surface area contributed by atoms with Gasteiger partial charge in [-0.25, -0.2) is 9.78 Å². The minimum Gasteiger partial charge on any atom is -0.491 e. The Balaban J connectivity index is 1.23. The Morgan fingerprint density at radius 3 is 2.81 bits per heavy atom. The van der Waals surface area contributed by atoms with Crippen LogP contribution < -0.4 is 20.7 Å². The topological polar surface area (TPSA) is 78.5 Å². The van der Waals surface area contributed by atoms with Crippen LogP contribution in [0.4, 0.5) is 16.3 Å². The highest BCUT2D eigenvalue weighted by Gasteiger charge is 2.23. The Labute approximate surface area is 181 Å². The zero-order valence-corrected chi connectivity index (χ0v) is 17.6. The number of pyridine rings is 1. The average molecular weight is 418 g/mol. The molecular formula is C24H27N5O2. The smallest absolute Gasteiger partial charge is 0.319 e. The predicted octanol–water partition coefficient (Wildman–Crippen LogP) is 4.00. The van der Waals surface area contributed by atoms with Gasteiger partial charge in [0, 0.05) is 22.7 Å². The number of amides is 2. The van der Waals surface area contributed by atoms with Gasteiger partial charge in [-0.05, 0) is 69.4 Å². The summed E-state index contributed by atoms with van der Waals surface area (Å²) < 4.78 is 5.74. The zero-order valence-electron chi connectivity index (χ0n) is 17.6. The molecule has 7 heteroatoms. The summed E-state index contributed by atoms with van der Waals surface area (Å²) in [6.07, 6.45) is 1.97. The van der Waals surface area contributed by atoms with Crippen LogP contribution in [0, 0.1) is 0 Å². The molecule has 31 heavy (non-hydrogen) atoms. The number of carbonyl (C=O) groups is 1. The molecule has 0 spiro atoms. The third kappa shape index (κ3) is 4.41. The van der Waals surface area contributed by atoms with Crippen molar-refractivity contribution in [3.63, 3.8) is 0 Å². The Morgan fingerprint density at radius 2 is 1.94 bits per heavy atom. The van der Waals surface area contributed by atoms with Crippen molar-refractivity contribution in [2.75, 3.05) is 37.4 Å². The number of carbonyl (C=O) groups excluding carboxylic acids is 1. The van der Waals surface area contributed by atoms with E-state index in [9.17, 15) is 4.79 Å². The van der Waals surface area contributed by atoms with Gasteiger partial charge in [0.05, 0.1) is 11.6 Å². The second-order valence-corrected chi connectivity index (χ2v) is 8.33.